The number of hydrogen-bond acceptors (Lipinski definition) is 3. The SMILES string of the molecule is Cc1cccc(Cn2cccc(C(=O)N3CCC(C(C)O)C3)c2=O)c1. The van der Waals surface area contributed by atoms with Gasteiger partial charge in [-0.2, -0.15) is 0 Å². The van der Waals surface area contributed by atoms with Crippen molar-refractivity contribution in [3.8, 4) is 0 Å². The molecule has 2 atom stereocenters. The van der Waals surface area contributed by atoms with Crippen LogP contribution in [0.2, 0.25) is 0 Å². The predicted octanol–water partition coefficient (Wildman–Crippen LogP) is 2.05. The summed E-state index contributed by atoms with van der Waals surface area (Å²) in [7, 11) is 0. The molecule has 2 aromatic rings. The van der Waals surface area contributed by atoms with Crippen LogP contribution in [0, 0.1) is 12.8 Å². The van der Waals surface area contributed by atoms with Gasteiger partial charge in [-0.25, -0.2) is 0 Å². The molecule has 3 rings (SSSR count). The maximum Gasteiger partial charge on any atom is 0.263 e. The number of aliphatic hydroxyl groups excluding tert-OH is 1. The second kappa shape index (κ2) is 7.23. The van der Waals surface area contributed by atoms with Gasteiger partial charge in [0.25, 0.3) is 11.5 Å². The smallest absolute Gasteiger partial charge is 0.263 e. The molecule has 2 unspecified atom stereocenters. The predicted molar refractivity (Wildman–Crippen MR) is 96.7 cm³/mol. The van der Waals surface area contributed by atoms with E-state index in [1.807, 2.05) is 31.2 Å². The molecule has 132 valence electrons. The van der Waals surface area contributed by atoms with Gasteiger partial charge in [0.1, 0.15) is 5.56 Å². The molecule has 2 heterocycles. The van der Waals surface area contributed by atoms with Crippen LogP contribution in [0.4, 0.5) is 0 Å². The van der Waals surface area contributed by atoms with Crippen LogP contribution in [0.25, 0.3) is 0 Å². The van der Waals surface area contributed by atoms with Gasteiger partial charge in [-0.3, -0.25) is 9.59 Å². The highest BCUT2D eigenvalue weighted by Crippen LogP contribution is 2.20. The highest BCUT2D eigenvalue weighted by Gasteiger charge is 2.30. The van der Waals surface area contributed by atoms with E-state index in [0.29, 0.717) is 19.6 Å². The number of amides is 1. The summed E-state index contributed by atoms with van der Waals surface area (Å²) in [6.07, 6.45) is 2.05. The van der Waals surface area contributed by atoms with E-state index in [-0.39, 0.29) is 22.9 Å². The summed E-state index contributed by atoms with van der Waals surface area (Å²) in [6.45, 7) is 5.29. The number of nitrogens with zero attached hydrogens (tertiary/aromatic N) is 2. The van der Waals surface area contributed by atoms with Gasteiger partial charge in [-0.1, -0.05) is 29.8 Å². The Morgan fingerprint density at radius 1 is 1.32 bits per heavy atom. The van der Waals surface area contributed by atoms with Crippen molar-refractivity contribution in [3.05, 3.63) is 69.6 Å². The summed E-state index contributed by atoms with van der Waals surface area (Å²) in [5, 5.41) is 9.70. The summed E-state index contributed by atoms with van der Waals surface area (Å²) in [4.78, 5) is 27.1. The van der Waals surface area contributed by atoms with Crippen LogP contribution in [0.1, 0.15) is 34.8 Å². The van der Waals surface area contributed by atoms with E-state index >= 15 is 0 Å². The monoisotopic (exact) mass is 340 g/mol. The van der Waals surface area contributed by atoms with E-state index in [2.05, 4.69) is 0 Å². The number of aliphatic hydroxyl groups is 1. The summed E-state index contributed by atoms with van der Waals surface area (Å²) in [6, 6.07) is 11.3. The number of benzene rings is 1. The van der Waals surface area contributed by atoms with Crippen molar-refractivity contribution in [2.24, 2.45) is 5.92 Å². The van der Waals surface area contributed by atoms with E-state index in [1.54, 1.807) is 34.7 Å². The Hall–Kier alpha value is -2.40. The fraction of sp³-hybridized carbons (Fsp3) is 0.400. The number of rotatable bonds is 4. The van der Waals surface area contributed by atoms with Crippen molar-refractivity contribution in [1.29, 1.82) is 0 Å². The Balaban J connectivity index is 1.81. The lowest BCUT2D eigenvalue weighted by Gasteiger charge is -2.18. The van der Waals surface area contributed by atoms with Gasteiger partial charge in [0.05, 0.1) is 12.6 Å². The van der Waals surface area contributed by atoms with Crippen LogP contribution >= 0.6 is 0 Å². The molecule has 1 amide bonds. The van der Waals surface area contributed by atoms with Crippen molar-refractivity contribution in [1.82, 2.24) is 9.47 Å². The second-order valence-electron chi connectivity index (χ2n) is 6.88. The molecule has 0 aliphatic carbocycles. The fourth-order valence-corrected chi connectivity index (χ4v) is 3.37. The van der Waals surface area contributed by atoms with Crippen LogP contribution < -0.4 is 5.56 Å². The minimum absolute atomic E-state index is 0.0854. The molecule has 1 fully saturated rings. The van der Waals surface area contributed by atoms with E-state index in [0.717, 1.165) is 17.5 Å². The molecule has 1 saturated heterocycles. The molecule has 1 aliphatic rings. The van der Waals surface area contributed by atoms with Crippen LogP contribution in [-0.2, 0) is 6.54 Å². The number of likely N-dealkylation sites (tertiary alicyclic amines) is 1. The van der Waals surface area contributed by atoms with Gasteiger partial charge in [0.15, 0.2) is 0 Å². The topological polar surface area (TPSA) is 62.5 Å². The average Bonchev–Trinajstić information content (AvgIpc) is 3.07. The molecule has 0 saturated carbocycles. The molecule has 0 radical (unpaired) electrons. The number of aromatic nitrogens is 1. The van der Waals surface area contributed by atoms with E-state index in [9.17, 15) is 14.7 Å². The van der Waals surface area contributed by atoms with Crippen molar-refractivity contribution < 1.29 is 9.90 Å². The third-order valence-electron chi connectivity index (χ3n) is 4.88. The van der Waals surface area contributed by atoms with Crippen LogP contribution in [0.3, 0.4) is 0 Å². The third kappa shape index (κ3) is 3.82. The zero-order chi connectivity index (χ0) is 18.0. The maximum atomic E-state index is 12.7. The van der Waals surface area contributed by atoms with Crippen molar-refractivity contribution in [2.75, 3.05) is 13.1 Å². The van der Waals surface area contributed by atoms with E-state index in [4.69, 9.17) is 0 Å². The minimum Gasteiger partial charge on any atom is -0.393 e. The standard InChI is InChI=1S/C20H24N2O3/c1-14-5-3-6-16(11-14)12-21-9-4-7-18(19(21)24)20(25)22-10-8-17(13-22)15(2)23/h3-7,9,11,15,17,23H,8,10,12-13H2,1-2H3. The van der Waals surface area contributed by atoms with Gasteiger partial charge in [-0.15, -0.1) is 0 Å². The molecule has 1 aromatic carbocycles. The highest BCUT2D eigenvalue weighted by atomic mass is 16.3. The molecule has 5 heteroatoms. The number of carbonyl (C=O) groups is 1. The summed E-state index contributed by atoms with van der Waals surface area (Å²) >= 11 is 0. The lowest BCUT2D eigenvalue weighted by atomic mass is 10.0. The van der Waals surface area contributed by atoms with Crippen molar-refractivity contribution in [2.45, 2.75) is 32.9 Å². The molecule has 0 spiro atoms. The number of hydrogen-bond donors (Lipinski definition) is 1. The van der Waals surface area contributed by atoms with Crippen LogP contribution in [0.5, 0.6) is 0 Å². The third-order valence-corrected chi connectivity index (χ3v) is 4.88. The molecular weight excluding hydrogens is 316 g/mol. The Kier molecular flexibility index (Phi) is 5.04. The van der Waals surface area contributed by atoms with Crippen molar-refractivity contribution >= 4 is 5.91 Å². The maximum absolute atomic E-state index is 12.7. The largest absolute Gasteiger partial charge is 0.393 e. The first-order valence-corrected chi connectivity index (χ1v) is 8.68. The number of pyridine rings is 1. The summed E-state index contributed by atoms with van der Waals surface area (Å²) in [5.74, 6) is -0.158. The van der Waals surface area contributed by atoms with Gasteiger partial charge in [0.2, 0.25) is 0 Å². The van der Waals surface area contributed by atoms with E-state index < -0.39 is 6.10 Å². The molecule has 25 heavy (non-hydrogen) atoms. The molecule has 0 bridgehead atoms. The van der Waals surface area contributed by atoms with Crippen LogP contribution in [0.15, 0.2) is 47.4 Å². The minimum atomic E-state index is -0.438. The lowest BCUT2D eigenvalue weighted by Crippen LogP contribution is -2.36. The summed E-state index contributed by atoms with van der Waals surface area (Å²) < 4.78 is 1.57. The zero-order valence-electron chi connectivity index (χ0n) is 14.7. The Morgan fingerprint density at radius 3 is 2.80 bits per heavy atom. The second-order valence-corrected chi connectivity index (χ2v) is 6.88. The molecule has 5 nitrogen and oxygen atoms in total. The highest BCUT2D eigenvalue weighted by molar-refractivity contribution is 5.94. The quantitative estimate of drug-likeness (QED) is 0.926. The van der Waals surface area contributed by atoms with Crippen molar-refractivity contribution in [3.63, 3.8) is 0 Å². The van der Waals surface area contributed by atoms with Gasteiger partial charge >= 0.3 is 0 Å². The molecule has 1 aliphatic heterocycles. The summed E-state index contributed by atoms with van der Waals surface area (Å²) in [5.41, 5.74) is 2.09. The average molecular weight is 340 g/mol. The Labute approximate surface area is 147 Å². The van der Waals surface area contributed by atoms with Gasteiger partial charge < -0.3 is 14.6 Å². The molecule has 1 N–H and O–H groups in total. The first-order chi connectivity index (χ1) is 12.0. The number of carbonyl (C=O) groups excluding carboxylic acids is 1. The molecular formula is C20H24N2O3. The van der Waals surface area contributed by atoms with Crippen LogP contribution in [-0.4, -0.2) is 39.7 Å². The van der Waals surface area contributed by atoms with Gasteiger partial charge in [0, 0.05) is 25.2 Å². The first-order valence-electron chi connectivity index (χ1n) is 8.68. The Morgan fingerprint density at radius 2 is 2.12 bits per heavy atom. The van der Waals surface area contributed by atoms with E-state index in [1.165, 1.54) is 0 Å². The lowest BCUT2D eigenvalue weighted by molar-refractivity contribution is 0.0760. The number of aryl methyl sites for hydroxylation is 1. The fourth-order valence-electron chi connectivity index (χ4n) is 3.37. The first kappa shape index (κ1) is 17.4. The molecule has 1 aromatic heterocycles. The zero-order valence-corrected chi connectivity index (χ0v) is 14.7. The normalized spacial score (nSPS) is 18.4. The van der Waals surface area contributed by atoms with Gasteiger partial charge in [-0.05, 0) is 38.0 Å². The Bertz CT molecular complexity index is 826.